The van der Waals surface area contributed by atoms with Crippen LogP contribution in [0.4, 0.5) is 17.1 Å². The molecule has 1 aromatic carbocycles. The summed E-state index contributed by atoms with van der Waals surface area (Å²) in [6, 6.07) is 3.73. The van der Waals surface area contributed by atoms with E-state index >= 15 is 0 Å². The minimum absolute atomic E-state index is 0. The third kappa shape index (κ3) is 5.61. The van der Waals surface area contributed by atoms with Gasteiger partial charge in [0.05, 0.1) is 17.6 Å². The summed E-state index contributed by atoms with van der Waals surface area (Å²) in [5, 5.41) is 0. The number of rotatable bonds is 7. The highest BCUT2D eigenvalue weighted by atomic mass is 35.5. The van der Waals surface area contributed by atoms with Crippen LogP contribution in [0.1, 0.15) is 19.4 Å². The maximum absolute atomic E-state index is 11.1. The van der Waals surface area contributed by atoms with Crippen LogP contribution in [0.25, 0.3) is 0 Å². The van der Waals surface area contributed by atoms with E-state index < -0.39 is 10.0 Å². The molecule has 0 aliphatic rings. The number of nitrogens with one attached hydrogen (secondary N) is 1. The average Bonchev–Trinajstić information content (AvgIpc) is 2.36. The van der Waals surface area contributed by atoms with Gasteiger partial charge < -0.3 is 16.4 Å². The van der Waals surface area contributed by atoms with Crippen molar-refractivity contribution >= 4 is 39.5 Å². The summed E-state index contributed by atoms with van der Waals surface area (Å²) in [7, 11) is -3.20. The number of sulfonamides is 1. The van der Waals surface area contributed by atoms with Gasteiger partial charge in [0.1, 0.15) is 0 Å². The standard InChI is InChI=1S/C13H24N4O2S.ClH/c1-4-17(5-2)12-7-6-11(14)13(15)10(12)8-9-16-20(3,18)19;/h6-7,16H,4-5,8-9,14-15H2,1-3H3;1H. The van der Waals surface area contributed by atoms with Crippen LogP contribution in [0.3, 0.4) is 0 Å². The SMILES string of the molecule is CCN(CC)c1ccc(N)c(N)c1CCNS(C)(=O)=O.Cl. The Morgan fingerprint density at radius 3 is 2.24 bits per heavy atom. The van der Waals surface area contributed by atoms with Gasteiger partial charge in [-0.05, 0) is 32.4 Å². The summed E-state index contributed by atoms with van der Waals surface area (Å²) in [5.74, 6) is 0. The van der Waals surface area contributed by atoms with Gasteiger partial charge in [-0.3, -0.25) is 0 Å². The van der Waals surface area contributed by atoms with Gasteiger partial charge in [-0.15, -0.1) is 12.4 Å². The van der Waals surface area contributed by atoms with Crippen molar-refractivity contribution in [3.05, 3.63) is 17.7 Å². The lowest BCUT2D eigenvalue weighted by atomic mass is 10.0. The molecular formula is C13H25ClN4O2S. The quantitative estimate of drug-likeness (QED) is 0.650. The summed E-state index contributed by atoms with van der Waals surface area (Å²) >= 11 is 0. The van der Waals surface area contributed by atoms with Crippen LogP contribution in [0.15, 0.2) is 12.1 Å². The van der Waals surface area contributed by atoms with Gasteiger partial charge in [0.15, 0.2) is 0 Å². The van der Waals surface area contributed by atoms with Crippen LogP contribution in [-0.2, 0) is 16.4 Å². The van der Waals surface area contributed by atoms with E-state index in [2.05, 4.69) is 23.5 Å². The molecule has 0 amide bonds. The van der Waals surface area contributed by atoms with Gasteiger partial charge in [-0.2, -0.15) is 0 Å². The number of benzene rings is 1. The molecular weight excluding hydrogens is 312 g/mol. The summed E-state index contributed by atoms with van der Waals surface area (Å²) < 4.78 is 24.7. The smallest absolute Gasteiger partial charge is 0.208 e. The van der Waals surface area contributed by atoms with Crippen molar-refractivity contribution in [3.63, 3.8) is 0 Å². The first kappa shape index (κ1) is 19.8. The largest absolute Gasteiger partial charge is 0.397 e. The molecule has 8 heteroatoms. The normalized spacial score (nSPS) is 11.0. The van der Waals surface area contributed by atoms with E-state index in [1.807, 2.05) is 6.07 Å². The lowest BCUT2D eigenvalue weighted by Gasteiger charge is -2.25. The van der Waals surface area contributed by atoms with Crippen molar-refractivity contribution in [2.24, 2.45) is 0 Å². The Morgan fingerprint density at radius 1 is 1.19 bits per heavy atom. The molecule has 0 spiro atoms. The third-order valence-electron chi connectivity index (χ3n) is 3.21. The zero-order chi connectivity index (χ0) is 15.3. The molecule has 1 rings (SSSR count). The van der Waals surface area contributed by atoms with Gasteiger partial charge >= 0.3 is 0 Å². The summed E-state index contributed by atoms with van der Waals surface area (Å²) in [4.78, 5) is 2.17. The summed E-state index contributed by atoms with van der Waals surface area (Å²) in [5.41, 5.74) is 14.9. The maximum Gasteiger partial charge on any atom is 0.208 e. The topological polar surface area (TPSA) is 101 Å². The van der Waals surface area contributed by atoms with Crippen molar-refractivity contribution in [1.82, 2.24) is 4.72 Å². The monoisotopic (exact) mass is 336 g/mol. The molecule has 5 N–H and O–H groups in total. The molecule has 0 radical (unpaired) electrons. The molecule has 0 aliphatic heterocycles. The molecule has 6 nitrogen and oxygen atoms in total. The van der Waals surface area contributed by atoms with Crippen LogP contribution < -0.4 is 21.1 Å². The Kier molecular flexibility index (Phi) is 7.84. The summed E-state index contributed by atoms with van der Waals surface area (Å²) in [6.07, 6.45) is 1.65. The Hall–Kier alpha value is -1.18. The molecule has 0 saturated heterocycles. The van der Waals surface area contributed by atoms with Gasteiger partial charge in [-0.25, -0.2) is 13.1 Å². The number of nitrogens with zero attached hydrogens (tertiary/aromatic N) is 1. The fraction of sp³-hybridized carbons (Fsp3) is 0.538. The fourth-order valence-electron chi connectivity index (χ4n) is 2.16. The first-order valence-corrected chi connectivity index (χ1v) is 8.55. The lowest BCUT2D eigenvalue weighted by Crippen LogP contribution is -2.27. The molecule has 0 atom stereocenters. The van der Waals surface area contributed by atoms with Crippen molar-refractivity contribution in [2.45, 2.75) is 20.3 Å². The van der Waals surface area contributed by atoms with Crippen molar-refractivity contribution < 1.29 is 8.42 Å². The molecule has 1 aromatic rings. The lowest BCUT2D eigenvalue weighted by molar-refractivity contribution is 0.588. The van der Waals surface area contributed by atoms with Crippen LogP contribution in [0.5, 0.6) is 0 Å². The van der Waals surface area contributed by atoms with Crippen molar-refractivity contribution in [1.29, 1.82) is 0 Å². The average molecular weight is 337 g/mol. The number of hydrogen-bond acceptors (Lipinski definition) is 5. The summed E-state index contributed by atoms with van der Waals surface area (Å²) in [6.45, 7) is 6.14. The molecule has 0 heterocycles. The Labute approximate surface area is 133 Å². The number of nitrogen functional groups attached to an aromatic ring is 2. The van der Waals surface area contributed by atoms with Crippen LogP contribution in [0.2, 0.25) is 0 Å². The molecule has 21 heavy (non-hydrogen) atoms. The number of hydrogen-bond donors (Lipinski definition) is 3. The molecule has 0 aromatic heterocycles. The van der Waals surface area contributed by atoms with E-state index in [4.69, 9.17) is 11.5 Å². The predicted octanol–water partition coefficient (Wildman–Crippen LogP) is 1.21. The van der Waals surface area contributed by atoms with E-state index in [9.17, 15) is 8.42 Å². The van der Waals surface area contributed by atoms with Crippen molar-refractivity contribution in [2.75, 3.05) is 42.3 Å². The molecule has 0 saturated carbocycles. The molecule has 0 unspecified atom stereocenters. The zero-order valence-corrected chi connectivity index (χ0v) is 14.4. The van der Waals surface area contributed by atoms with Gasteiger partial charge in [0.2, 0.25) is 10.0 Å². The Balaban J connectivity index is 0.00000400. The van der Waals surface area contributed by atoms with E-state index in [1.54, 1.807) is 6.07 Å². The molecule has 0 fully saturated rings. The second-order valence-electron chi connectivity index (χ2n) is 4.65. The zero-order valence-electron chi connectivity index (χ0n) is 12.7. The van der Waals surface area contributed by atoms with Crippen LogP contribution in [-0.4, -0.2) is 34.3 Å². The van der Waals surface area contributed by atoms with Gasteiger partial charge in [0.25, 0.3) is 0 Å². The highest BCUT2D eigenvalue weighted by molar-refractivity contribution is 7.88. The Bertz CT molecular complexity index is 560. The number of halogens is 1. The molecule has 0 aliphatic carbocycles. The second kappa shape index (κ2) is 8.31. The highest BCUT2D eigenvalue weighted by Gasteiger charge is 2.14. The van der Waals surface area contributed by atoms with E-state index in [0.717, 1.165) is 30.6 Å². The van der Waals surface area contributed by atoms with E-state index in [0.29, 0.717) is 24.3 Å². The van der Waals surface area contributed by atoms with Crippen molar-refractivity contribution in [3.8, 4) is 0 Å². The number of anilines is 3. The van der Waals surface area contributed by atoms with Crippen LogP contribution >= 0.6 is 12.4 Å². The highest BCUT2D eigenvalue weighted by Crippen LogP contribution is 2.30. The second-order valence-corrected chi connectivity index (χ2v) is 6.49. The van der Waals surface area contributed by atoms with Gasteiger partial charge in [-0.1, -0.05) is 0 Å². The van der Waals surface area contributed by atoms with E-state index in [-0.39, 0.29) is 12.4 Å². The minimum atomic E-state index is -3.20. The number of nitrogens with two attached hydrogens (primary N) is 2. The molecule has 0 bridgehead atoms. The first-order chi connectivity index (χ1) is 9.30. The van der Waals surface area contributed by atoms with E-state index in [1.165, 1.54) is 0 Å². The predicted molar refractivity (Wildman–Crippen MR) is 92.6 cm³/mol. The minimum Gasteiger partial charge on any atom is -0.397 e. The molecule has 122 valence electrons. The fourth-order valence-corrected chi connectivity index (χ4v) is 2.63. The van der Waals surface area contributed by atoms with Crippen LogP contribution in [0, 0.1) is 0 Å². The third-order valence-corrected chi connectivity index (χ3v) is 3.94. The van der Waals surface area contributed by atoms with Gasteiger partial charge in [0, 0.05) is 30.9 Å². The Morgan fingerprint density at radius 2 is 1.76 bits per heavy atom. The maximum atomic E-state index is 11.1. The first-order valence-electron chi connectivity index (χ1n) is 6.66.